The maximum atomic E-state index is 11.5. The van der Waals surface area contributed by atoms with Crippen LogP contribution in [0.1, 0.15) is 16.2 Å². The van der Waals surface area contributed by atoms with Crippen molar-refractivity contribution in [1.29, 1.82) is 0 Å². The fourth-order valence-electron chi connectivity index (χ4n) is 1.68. The van der Waals surface area contributed by atoms with Crippen LogP contribution in [0.4, 0.5) is 0 Å². The molecular weight excluding hydrogens is 218 g/mol. The minimum Gasteiger partial charge on any atom is -0.464 e. The smallest absolute Gasteiger partial charge is 0.356 e. The van der Waals surface area contributed by atoms with E-state index in [0.717, 1.165) is 17.0 Å². The van der Waals surface area contributed by atoms with E-state index in [9.17, 15) is 4.79 Å². The van der Waals surface area contributed by atoms with Gasteiger partial charge >= 0.3 is 5.97 Å². The van der Waals surface area contributed by atoms with Gasteiger partial charge in [0, 0.05) is 24.5 Å². The zero-order valence-corrected chi connectivity index (χ0v) is 9.97. The second-order valence-corrected chi connectivity index (χ2v) is 3.71. The Hall–Kier alpha value is -2.17. The van der Waals surface area contributed by atoms with Gasteiger partial charge in [0.25, 0.3) is 0 Å². The quantitative estimate of drug-likeness (QED) is 0.736. The minimum absolute atomic E-state index is 0.309. The average Bonchev–Trinajstić information content (AvgIpc) is 2.73. The van der Waals surface area contributed by atoms with Crippen LogP contribution in [0.3, 0.4) is 0 Å². The number of carbonyl (C=O) groups is 1. The number of hydrogen-bond donors (Lipinski definition) is 0. The van der Waals surface area contributed by atoms with E-state index in [-0.39, 0.29) is 0 Å². The van der Waals surface area contributed by atoms with Crippen molar-refractivity contribution in [2.45, 2.75) is 6.92 Å². The molecule has 2 heterocycles. The summed E-state index contributed by atoms with van der Waals surface area (Å²) < 4.78 is 6.42. The van der Waals surface area contributed by atoms with Gasteiger partial charge in [0.2, 0.25) is 0 Å². The molecule has 0 aliphatic heterocycles. The van der Waals surface area contributed by atoms with Crippen LogP contribution in [0.5, 0.6) is 0 Å². The van der Waals surface area contributed by atoms with Crippen molar-refractivity contribution >= 4 is 5.97 Å². The van der Waals surface area contributed by atoms with Gasteiger partial charge in [-0.15, -0.1) is 0 Å². The Morgan fingerprint density at radius 3 is 2.76 bits per heavy atom. The summed E-state index contributed by atoms with van der Waals surface area (Å²) in [5.41, 5.74) is 2.91. The summed E-state index contributed by atoms with van der Waals surface area (Å²) in [6.07, 6.45) is 1.71. The average molecular weight is 231 g/mol. The van der Waals surface area contributed by atoms with Crippen LogP contribution >= 0.6 is 0 Å². The van der Waals surface area contributed by atoms with Crippen molar-refractivity contribution in [2.75, 3.05) is 7.11 Å². The number of ether oxygens (including phenoxy) is 1. The Balaban J connectivity index is 2.53. The third kappa shape index (κ3) is 2.18. The molecule has 17 heavy (non-hydrogen) atoms. The highest BCUT2D eigenvalue weighted by atomic mass is 16.5. The molecule has 0 aromatic carbocycles. The lowest BCUT2D eigenvalue weighted by atomic mass is 10.1. The fraction of sp³-hybridized carbons (Fsp3) is 0.250. The molecule has 0 bridgehead atoms. The molecular formula is C12H13N3O2. The number of nitrogens with zero attached hydrogens (tertiary/aromatic N) is 3. The largest absolute Gasteiger partial charge is 0.464 e. The highest BCUT2D eigenvalue weighted by Gasteiger charge is 2.11. The van der Waals surface area contributed by atoms with E-state index >= 15 is 0 Å². The molecule has 0 saturated heterocycles. The SMILES string of the molecule is COC(=O)c1cc(-c2ccnn2C)cc(C)n1. The van der Waals surface area contributed by atoms with Gasteiger partial charge in [-0.3, -0.25) is 4.68 Å². The molecule has 0 aliphatic carbocycles. The Kier molecular flexibility index (Phi) is 2.91. The van der Waals surface area contributed by atoms with E-state index in [0.29, 0.717) is 5.69 Å². The van der Waals surface area contributed by atoms with Crippen molar-refractivity contribution in [2.24, 2.45) is 7.05 Å². The molecule has 0 radical (unpaired) electrons. The number of rotatable bonds is 2. The Labute approximate surface area is 99.1 Å². The van der Waals surface area contributed by atoms with E-state index in [1.54, 1.807) is 16.9 Å². The zero-order valence-electron chi connectivity index (χ0n) is 9.97. The van der Waals surface area contributed by atoms with Crippen LogP contribution in [0.15, 0.2) is 24.4 Å². The molecule has 5 heteroatoms. The molecule has 0 saturated carbocycles. The van der Waals surface area contributed by atoms with Crippen LogP contribution in [0.25, 0.3) is 11.3 Å². The third-order valence-corrected chi connectivity index (χ3v) is 2.46. The van der Waals surface area contributed by atoms with Gasteiger partial charge in [-0.05, 0) is 25.1 Å². The molecule has 2 aromatic heterocycles. The first-order valence-corrected chi connectivity index (χ1v) is 5.17. The lowest BCUT2D eigenvalue weighted by Gasteiger charge is -2.06. The maximum Gasteiger partial charge on any atom is 0.356 e. The van der Waals surface area contributed by atoms with E-state index in [4.69, 9.17) is 0 Å². The zero-order chi connectivity index (χ0) is 12.4. The van der Waals surface area contributed by atoms with E-state index in [1.165, 1.54) is 7.11 Å². The summed E-state index contributed by atoms with van der Waals surface area (Å²) in [6.45, 7) is 1.84. The van der Waals surface area contributed by atoms with Crippen molar-refractivity contribution in [3.63, 3.8) is 0 Å². The number of carbonyl (C=O) groups excluding carboxylic acids is 1. The van der Waals surface area contributed by atoms with Crippen LogP contribution in [-0.4, -0.2) is 27.8 Å². The molecule has 0 fully saturated rings. The first kappa shape index (κ1) is 11.3. The van der Waals surface area contributed by atoms with Crippen LogP contribution in [-0.2, 0) is 11.8 Å². The van der Waals surface area contributed by atoms with Crippen molar-refractivity contribution < 1.29 is 9.53 Å². The number of esters is 1. The maximum absolute atomic E-state index is 11.5. The monoisotopic (exact) mass is 231 g/mol. The second kappa shape index (κ2) is 4.37. The van der Waals surface area contributed by atoms with E-state index in [2.05, 4.69) is 14.8 Å². The van der Waals surface area contributed by atoms with Crippen LogP contribution in [0.2, 0.25) is 0 Å². The van der Waals surface area contributed by atoms with Gasteiger partial charge < -0.3 is 4.74 Å². The lowest BCUT2D eigenvalue weighted by molar-refractivity contribution is 0.0594. The first-order chi connectivity index (χ1) is 8.11. The molecule has 0 amide bonds. The van der Waals surface area contributed by atoms with Gasteiger partial charge in [-0.25, -0.2) is 9.78 Å². The summed E-state index contributed by atoms with van der Waals surface area (Å²) >= 11 is 0. The van der Waals surface area contributed by atoms with E-state index < -0.39 is 5.97 Å². The van der Waals surface area contributed by atoms with Crippen molar-refractivity contribution in [1.82, 2.24) is 14.8 Å². The number of methoxy groups -OCH3 is 1. The highest BCUT2D eigenvalue weighted by molar-refractivity contribution is 5.88. The highest BCUT2D eigenvalue weighted by Crippen LogP contribution is 2.20. The number of hydrogen-bond acceptors (Lipinski definition) is 4. The van der Waals surface area contributed by atoms with Gasteiger partial charge in [0.05, 0.1) is 12.8 Å². The second-order valence-electron chi connectivity index (χ2n) is 3.71. The molecule has 0 unspecified atom stereocenters. The van der Waals surface area contributed by atoms with Crippen molar-refractivity contribution in [3.8, 4) is 11.3 Å². The van der Waals surface area contributed by atoms with Crippen molar-refractivity contribution in [3.05, 3.63) is 35.8 Å². The summed E-state index contributed by atoms with van der Waals surface area (Å²) in [5, 5.41) is 4.10. The summed E-state index contributed by atoms with van der Waals surface area (Å²) in [6, 6.07) is 5.50. The molecule has 2 rings (SSSR count). The van der Waals surface area contributed by atoms with Crippen LogP contribution in [0, 0.1) is 6.92 Å². The lowest BCUT2D eigenvalue weighted by Crippen LogP contribution is -2.06. The van der Waals surface area contributed by atoms with Gasteiger partial charge in [0.15, 0.2) is 0 Å². The molecule has 5 nitrogen and oxygen atoms in total. The topological polar surface area (TPSA) is 57.0 Å². The molecule has 0 spiro atoms. The molecule has 0 atom stereocenters. The molecule has 0 aliphatic rings. The van der Waals surface area contributed by atoms with Gasteiger partial charge in [-0.2, -0.15) is 5.10 Å². The molecule has 0 N–H and O–H groups in total. The number of aryl methyl sites for hydroxylation is 2. The predicted octanol–water partition coefficient (Wildman–Crippen LogP) is 1.58. The standard InChI is InChI=1S/C12H13N3O2/c1-8-6-9(11-4-5-13-15(11)2)7-10(14-8)12(16)17-3/h4-7H,1-3H3. The minimum atomic E-state index is -0.433. The first-order valence-electron chi connectivity index (χ1n) is 5.17. The summed E-state index contributed by atoms with van der Waals surface area (Å²) in [4.78, 5) is 15.6. The molecule has 88 valence electrons. The summed E-state index contributed by atoms with van der Waals surface area (Å²) in [5.74, 6) is -0.433. The fourth-order valence-corrected chi connectivity index (χ4v) is 1.68. The number of aromatic nitrogens is 3. The Morgan fingerprint density at radius 1 is 1.41 bits per heavy atom. The Bertz CT molecular complexity index is 561. The van der Waals surface area contributed by atoms with Crippen LogP contribution < -0.4 is 0 Å². The van der Waals surface area contributed by atoms with Gasteiger partial charge in [0.1, 0.15) is 5.69 Å². The predicted molar refractivity (Wildman–Crippen MR) is 62.5 cm³/mol. The number of pyridine rings is 1. The molecule has 2 aromatic rings. The normalized spacial score (nSPS) is 10.3. The third-order valence-electron chi connectivity index (χ3n) is 2.46. The van der Waals surface area contributed by atoms with E-state index in [1.807, 2.05) is 26.1 Å². The van der Waals surface area contributed by atoms with Gasteiger partial charge in [-0.1, -0.05) is 0 Å². The summed E-state index contributed by atoms with van der Waals surface area (Å²) in [7, 11) is 3.19. The Morgan fingerprint density at radius 2 is 2.18 bits per heavy atom.